The van der Waals surface area contributed by atoms with Crippen molar-refractivity contribution in [2.45, 2.75) is 48.3 Å². The fraction of sp³-hybridized carbons (Fsp3) is 0.204. The fourth-order valence-electron chi connectivity index (χ4n) is 5.68. The number of sulfonamides is 1. The van der Waals surface area contributed by atoms with Crippen molar-refractivity contribution in [1.29, 1.82) is 0 Å². The zero-order chi connectivity index (χ0) is 49.9. The van der Waals surface area contributed by atoms with Crippen LogP contribution >= 0.6 is 0 Å². The standard InChI is InChI=1S/C17H19NO4S.C16H18N2O4S.C16H17NO4S/c1-3-13-4-8-15(9-5-13)22-12-17(19)18-14-6-10-16(11-7-14)23(2,20)21;1-2-12-3-7-14(8-4-12)22-11-16(19)18-13-5-9-15(10-6-13)23(17,20)21;1-12-4-3-5-14(10-12)21-11-16(18)17-13-6-8-15(9-7-13)22(2,19)20/h4-11H,3,12H2,1-2H3,(H,18,19);3-10H,2,11H2,1H3,(H,18,19)(H2,17,20,21);3-10H,11H2,1-2H3,(H,17,18). The summed E-state index contributed by atoms with van der Waals surface area (Å²) in [7, 11) is -10.2. The molecule has 0 fully saturated rings. The van der Waals surface area contributed by atoms with Crippen LogP contribution in [0.5, 0.6) is 17.2 Å². The van der Waals surface area contributed by atoms with Crippen LogP contribution in [0.4, 0.5) is 17.1 Å². The molecule has 3 amide bonds. The summed E-state index contributed by atoms with van der Waals surface area (Å²) in [4.78, 5) is 35.9. The van der Waals surface area contributed by atoms with Gasteiger partial charge in [-0.25, -0.2) is 30.4 Å². The molecule has 360 valence electrons. The van der Waals surface area contributed by atoms with E-state index in [4.69, 9.17) is 19.3 Å². The molecular weight excluding hydrogens is 933 g/mol. The minimum Gasteiger partial charge on any atom is -0.484 e. The lowest BCUT2D eigenvalue weighted by molar-refractivity contribution is -0.118. The first-order valence-corrected chi connectivity index (χ1v) is 26.2. The van der Waals surface area contributed by atoms with Gasteiger partial charge in [-0.05, 0) is 146 Å². The van der Waals surface area contributed by atoms with Crippen molar-refractivity contribution in [3.05, 3.63) is 162 Å². The molecule has 0 unspecified atom stereocenters. The van der Waals surface area contributed by atoms with Crippen LogP contribution in [0.2, 0.25) is 0 Å². The molecular formula is C49H54N4O12S3. The highest BCUT2D eigenvalue weighted by Gasteiger charge is 2.11. The summed E-state index contributed by atoms with van der Waals surface area (Å²) in [6, 6.07) is 40.1. The predicted octanol–water partition coefficient (Wildman–Crippen LogP) is 7.00. The van der Waals surface area contributed by atoms with Gasteiger partial charge in [0.1, 0.15) is 17.2 Å². The van der Waals surface area contributed by atoms with E-state index in [1.807, 2.05) is 73.7 Å². The van der Waals surface area contributed by atoms with Gasteiger partial charge in [-0.15, -0.1) is 0 Å². The van der Waals surface area contributed by atoms with Gasteiger partial charge in [0.2, 0.25) is 10.0 Å². The lowest BCUT2D eigenvalue weighted by Gasteiger charge is -2.08. The van der Waals surface area contributed by atoms with Crippen LogP contribution in [-0.2, 0) is 56.9 Å². The molecule has 0 aliphatic carbocycles. The number of benzene rings is 6. The summed E-state index contributed by atoms with van der Waals surface area (Å²) in [6.45, 7) is 5.71. The average Bonchev–Trinajstić information content (AvgIpc) is 3.30. The Kier molecular flexibility index (Phi) is 19.8. The van der Waals surface area contributed by atoms with Crippen molar-refractivity contribution >= 4 is 64.5 Å². The zero-order valence-electron chi connectivity index (χ0n) is 38.1. The zero-order valence-corrected chi connectivity index (χ0v) is 40.5. The quantitative estimate of drug-likeness (QED) is 0.0722. The summed E-state index contributed by atoms with van der Waals surface area (Å²) in [5.41, 5.74) is 4.95. The van der Waals surface area contributed by atoms with Crippen molar-refractivity contribution in [3.63, 3.8) is 0 Å². The van der Waals surface area contributed by atoms with E-state index in [9.17, 15) is 39.6 Å². The molecule has 0 spiro atoms. The number of nitrogens with one attached hydrogen (secondary N) is 3. The molecule has 0 saturated carbocycles. The second-order valence-electron chi connectivity index (χ2n) is 15.0. The molecule has 0 radical (unpaired) electrons. The maximum atomic E-state index is 11.8. The van der Waals surface area contributed by atoms with Gasteiger partial charge in [-0.1, -0.05) is 50.2 Å². The van der Waals surface area contributed by atoms with Crippen LogP contribution in [0.15, 0.2) is 160 Å². The minimum absolute atomic E-state index is 0.0113. The molecule has 16 nitrogen and oxygen atoms in total. The van der Waals surface area contributed by atoms with E-state index in [0.29, 0.717) is 34.3 Å². The number of ether oxygens (including phenoxy) is 3. The number of hydrogen-bond acceptors (Lipinski definition) is 12. The third-order valence-electron chi connectivity index (χ3n) is 9.36. The summed E-state index contributed by atoms with van der Waals surface area (Å²) >= 11 is 0. The molecule has 19 heteroatoms. The number of rotatable bonds is 17. The Bertz CT molecular complexity index is 2810. The van der Waals surface area contributed by atoms with E-state index in [1.54, 1.807) is 30.3 Å². The van der Waals surface area contributed by atoms with Crippen LogP contribution < -0.4 is 35.3 Å². The maximum absolute atomic E-state index is 11.8. The highest BCUT2D eigenvalue weighted by Crippen LogP contribution is 2.18. The number of carbonyl (C=O) groups excluding carboxylic acids is 3. The molecule has 0 bridgehead atoms. The Balaban J connectivity index is 0.000000222. The van der Waals surface area contributed by atoms with Crippen molar-refractivity contribution in [2.75, 3.05) is 48.3 Å². The Labute approximate surface area is 397 Å². The maximum Gasteiger partial charge on any atom is 0.262 e. The van der Waals surface area contributed by atoms with Gasteiger partial charge in [0.05, 0.1) is 14.7 Å². The van der Waals surface area contributed by atoms with E-state index in [0.717, 1.165) is 30.9 Å². The van der Waals surface area contributed by atoms with Crippen molar-refractivity contribution in [3.8, 4) is 17.2 Å². The molecule has 6 rings (SSSR count). The molecule has 0 heterocycles. The fourth-order valence-corrected chi connectivity index (χ4v) is 7.46. The van der Waals surface area contributed by atoms with Crippen LogP contribution in [0, 0.1) is 6.92 Å². The third kappa shape index (κ3) is 19.0. The first-order valence-electron chi connectivity index (χ1n) is 20.9. The number of primary sulfonamides is 1. The topological polar surface area (TPSA) is 243 Å². The Morgan fingerprint density at radius 3 is 1.07 bits per heavy atom. The van der Waals surface area contributed by atoms with E-state index in [2.05, 4.69) is 29.8 Å². The smallest absolute Gasteiger partial charge is 0.262 e. The predicted molar refractivity (Wildman–Crippen MR) is 262 cm³/mol. The molecule has 0 aromatic heterocycles. The molecule has 5 N–H and O–H groups in total. The van der Waals surface area contributed by atoms with Gasteiger partial charge >= 0.3 is 0 Å². The molecule has 0 saturated heterocycles. The van der Waals surface area contributed by atoms with Gasteiger partial charge < -0.3 is 30.2 Å². The van der Waals surface area contributed by atoms with Crippen molar-refractivity contribution in [2.24, 2.45) is 5.14 Å². The first-order chi connectivity index (χ1) is 32.1. The van der Waals surface area contributed by atoms with E-state index in [-0.39, 0.29) is 52.2 Å². The lowest BCUT2D eigenvalue weighted by atomic mass is 10.2. The average molecular weight is 987 g/mol. The highest BCUT2D eigenvalue weighted by atomic mass is 32.2. The molecule has 6 aromatic carbocycles. The first kappa shape index (κ1) is 53.6. The number of hydrogen-bond donors (Lipinski definition) is 4. The number of amides is 3. The van der Waals surface area contributed by atoms with Crippen molar-refractivity contribution < 1.29 is 53.8 Å². The highest BCUT2D eigenvalue weighted by molar-refractivity contribution is 7.91. The summed E-state index contributed by atoms with van der Waals surface area (Å²) in [5.74, 6) is 0.910. The number of anilines is 3. The van der Waals surface area contributed by atoms with Crippen LogP contribution in [0.3, 0.4) is 0 Å². The molecule has 0 atom stereocenters. The normalized spacial score (nSPS) is 11.0. The monoisotopic (exact) mass is 986 g/mol. The Morgan fingerprint density at radius 2 is 0.779 bits per heavy atom. The van der Waals surface area contributed by atoms with Crippen LogP contribution in [-0.4, -0.2) is 75.3 Å². The van der Waals surface area contributed by atoms with Gasteiger partial charge in [0.15, 0.2) is 39.5 Å². The summed E-state index contributed by atoms with van der Waals surface area (Å²) in [5, 5.41) is 12.9. The molecule has 6 aromatic rings. The lowest BCUT2D eigenvalue weighted by Crippen LogP contribution is -2.20. The second kappa shape index (κ2) is 25.2. The van der Waals surface area contributed by atoms with E-state index < -0.39 is 29.7 Å². The molecule has 68 heavy (non-hydrogen) atoms. The molecule has 0 aliphatic heterocycles. The number of aryl methyl sites for hydroxylation is 3. The Hall–Kier alpha value is -7.06. The van der Waals surface area contributed by atoms with Gasteiger partial charge in [-0.2, -0.15) is 0 Å². The minimum atomic E-state index is -3.74. The van der Waals surface area contributed by atoms with Crippen LogP contribution in [0.25, 0.3) is 0 Å². The summed E-state index contributed by atoms with van der Waals surface area (Å²) < 4.78 is 83.9. The van der Waals surface area contributed by atoms with Gasteiger partial charge in [0, 0.05) is 29.6 Å². The van der Waals surface area contributed by atoms with E-state index in [1.165, 1.54) is 59.7 Å². The van der Waals surface area contributed by atoms with Crippen molar-refractivity contribution in [1.82, 2.24) is 0 Å². The third-order valence-corrected chi connectivity index (χ3v) is 12.5. The summed E-state index contributed by atoms with van der Waals surface area (Å²) in [6.07, 6.45) is 4.16. The second-order valence-corrected chi connectivity index (χ2v) is 20.6. The van der Waals surface area contributed by atoms with Gasteiger partial charge in [-0.3, -0.25) is 14.4 Å². The van der Waals surface area contributed by atoms with Crippen LogP contribution in [0.1, 0.15) is 30.5 Å². The molecule has 0 aliphatic rings. The SMILES string of the molecule is CCc1ccc(OCC(=O)Nc2ccc(S(C)(=O)=O)cc2)cc1.CCc1ccc(OCC(=O)Nc2ccc(S(N)(=O)=O)cc2)cc1.Cc1cccc(OCC(=O)Nc2ccc(S(C)(=O)=O)cc2)c1. The Morgan fingerprint density at radius 1 is 0.456 bits per heavy atom. The number of carbonyl (C=O) groups is 3. The number of sulfone groups is 2. The number of nitrogens with two attached hydrogens (primary N) is 1. The van der Waals surface area contributed by atoms with E-state index >= 15 is 0 Å². The van der Waals surface area contributed by atoms with Gasteiger partial charge in [0.25, 0.3) is 17.7 Å². The largest absolute Gasteiger partial charge is 0.484 e.